The number of carbonyl (C=O) groups is 1. The molecule has 1 aromatic carbocycles. The molecule has 1 N–H and O–H groups in total. The van der Waals surface area contributed by atoms with E-state index in [0.717, 1.165) is 5.56 Å². The zero-order valence-electron chi connectivity index (χ0n) is 6.44. The maximum absolute atomic E-state index is 10.7. The number of rotatable bonds is 1. The van der Waals surface area contributed by atoms with Gasteiger partial charge in [0, 0.05) is 5.18 Å². The Morgan fingerprint density at radius 3 is 2.75 bits per heavy atom. The highest BCUT2D eigenvalue weighted by Gasteiger charge is 2.10. The van der Waals surface area contributed by atoms with Gasteiger partial charge >= 0.3 is 5.91 Å². The van der Waals surface area contributed by atoms with Gasteiger partial charge in [-0.3, -0.25) is 4.79 Å². The van der Waals surface area contributed by atoms with Gasteiger partial charge in [-0.2, -0.15) is 0 Å². The lowest BCUT2D eigenvalue weighted by atomic mass is 10.1. The van der Waals surface area contributed by atoms with Gasteiger partial charge in [0.15, 0.2) is 0 Å². The minimum atomic E-state index is -0.948. The summed E-state index contributed by atoms with van der Waals surface area (Å²) in [5.41, 5.74) is 0.741. The second-order valence-electron chi connectivity index (χ2n) is 2.42. The summed E-state index contributed by atoms with van der Waals surface area (Å²) in [7, 11) is 0. The summed E-state index contributed by atoms with van der Waals surface area (Å²) < 4.78 is 0. The molecule has 4 heteroatoms. The molecule has 62 valence electrons. The second-order valence-corrected chi connectivity index (χ2v) is 2.42. The van der Waals surface area contributed by atoms with E-state index in [1.165, 1.54) is 12.1 Å². The molecule has 1 aromatic rings. The monoisotopic (exact) mass is 165 g/mol. The number of aryl methyl sites for hydroxylation is 1. The van der Waals surface area contributed by atoms with E-state index < -0.39 is 5.91 Å². The van der Waals surface area contributed by atoms with Crippen molar-refractivity contribution in [2.24, 2.45) is 5.18 Å². The van der Waals surface area contributed by atoms with E-state index in [4.69, 9.17) is 5.11 Å². The van der Waals surface area contributed by atoms with Crippen molar-refractivity contribution in [3.05, 3.63) is 34.2 Å². The van der Waals surface area contributed by atoms with Crippen LogP contribution in [-0.4, -0.2) is 11.0 Å². The number of benzene rings is 1. The number of aromatic hydroxyl groups is 1. The Morgan fingerprint density at radius 1 is 1.50 bits per heavy atom. The number of phenols is 1. The van der Waals surface area contributed by atoms with Gasteiger partial charge in [-0.05, 0) is 19.1 Å². The van der Waals surface area contributed by atoms with Crippen LogP contribution in [0.2, 0.25) is 0 Å². The van der Waals surface area contributed by atoms with E-state index in [9.17, 15) is 9.70 Å². The van der Waals surface area contributed by atoms with Crippen molar-refractivity contribution in [2.45, 2.75) is 6.92 Å². The Labute approximate surface area is 68.8 Å². The Morgan fingerprint density at radius 2 is 2.17 bits per heavy atom. The summed E-state index contributed by atoms with van der Waals surface area (Å²) in [6.45, 7) is 1.75. The van der Waals surface area contributed by atoms with E-state index in [1.807, 2.05) is 0 Å². The van der Waals surface area contributed by atoms with Crippen LogP contribution < -0.4 is 0 Å². The summed E-state index contributed by atoms with van der Waals surface area (Å²) in [5.74, 6) is -1.17. The molecule has 1 rings (SSSR count). The molecule has 0 saturated heterocycles. The summed E-state index contributed by atoms with van der Waals surface area (Å²) in [6.07, 6.45) is 0. The van der Waals surface area contributed by atoms with Crippen LogP contribution in [0.4, 0.5) is 0 Å². The van der Waals surface area contributed by atoms with Crippen molar-refractivity contribution >= 4 is 5.91 Å². The molecule has 0 aromatic heterocycles. The molecule has 0 saturated carbocycles. The lowest BCUT2D eigenvalue weighted by Gasteiger charge is -1.98. The minimum absolute atomic E-state index is 0.0509. The van der Waals surface area contributed by atoms with E-state index in [-0.39, 0.29) is 11.3 Å². The first-order chi connectivity index (χ1) is 5.65. The molecule has 4 nitrogen and oxygen atoms in total. The predicted molar refractivity (Wildman–Crippen MR) is 43.0 cm³/mol. The van der Waals surface area contributed by atoms with Gasteiger partial charge in [0.2, 0.25) is 0 Å². The maximum atomic E-state index is 10.7. The number of hydrogen-bond acceptors (Lipinski definition) is 3. The molecule has 0 atom stereocenters. The number of nitroso groups, excluding NO2 is 1. The Hall–Kier alpha value is -1.71. The summed E-state index contributed by atoms with van der Waals surface area (Å²) >= 11 is 0. The largest absolute Gasteiger partial charge is 0.507 e. The Kier molecular flexibility index (Phi) is 2.19. The fourth-order valence-corrected chi connectivity index (χ4v) is 0.870. The SMILES string of the molecule is Cc1ccc(O)c(C(=O)N=O)c1. The van der Waals surface area contributed by atoms with Crippen LogP contribution in [0.5, 0.6) is 5.75 Å². The first kappa shape index (κ1) is 8.39. The molecule has 0 aliphatic rings. The molecule has 0 heterocycles. The summed E-state index contributed by atoms with van der Waals surface area (Å²) in [5, 5.41) is 11.3. The topological polar surface area (TPSA) is 66.7 Å². The van der Waals surface area contributed by atoms with Gasteiger partial charge in [0.1, 0.15) is 5.75 Å². The quantitative estimate of drug-likeness (QED) is 0.642. The van der Waals surface area contributed by atoms with E-state index >= 15 is 0 Å². The van der Waals surface area contributed by atoms with Crippen molar-refractivity contribution in [3.8, 4) is 5.75 Å². The lowest BCUT2D eigenvalue weighted by molar-refractivity contribution is 0.0998. The fourth-order valence-electron chi connectivity index (χ4n) is 0.870. The van der Waals surface area contributed by atoms with Crippen LogP contribution in [0, 0.1) is 11.8 Å². The molecular weight excluding hydrogens is 158 g/mol. The van der Waals surface area contributed by atoms with E-state index in [1.54, 1.807) is 13.0 Å². The normalized spacial score (nSPS) is 9.42. The van der Waals surface area contributed by atoms with Crippen LogP contribution in [-0.2, 0) is 0 Å². The molecule has 0 bridgehead atoms. The predicted octanol–water partition coefficient (Wildman–Crippen LogP) is 1.61. The lowest BCUT2D eigenvalue weighted by Crippen LogP contribution is -1.94. The van der Waals surface area contributed by atoms with Gasteiger partial charge in [-0.15, -0.1) is 4.91 Å². The maximum Gasteiger partial charge on any atom is 0.320 e. The average molecular weight is 165 g/mol. The summed E-state index contributed by atoms with van der Waals surface area (Å²) in [4.78, 5) is 20.6. The standard InChI is InChI=1S/C8H7NO3/c1-5-2-3-7(10)6(4-5)8(11)9-12/h2-4,10H,1H3. The van der Waals surface area contributed by atoms with Gasteiger partial charge in [-0.25, -0.2) is 0 Å². The first-order valence-electron chi connectivity index (χ1n) is 3.32. The molecule has 12 heavy (non-hydrogen) atoms. The van der Waals surface area contributed by atoms with Crippen molar-refractivity contribution in [1.82, 2.24) is 0 Å². The summed E-state index contributed by atoms with van der Waals surface area (Å²) in [6, 6.07) is 4.41. The van der Waals surface area contributed by atoms with Crippen molar-refractivity contribution in [1.29, 1.82) is 0 Å². The third kappa shape index (κ3) is 1.47. The molecule has 0 spiro atoms. The van der Waals surface area contributed by atoms with Crippen molar-refractivity contribution in [2.75, 3.05) is 0 Å². The van der Waals surface area contributed by atoms with Gasteiger partial charge < -0.3 is 5.11 Å². The highest BCUT2D eigenvalue weighted by molar-refractivity contribution is 5.97. The second kappa shape index (κ2) is 3.13. The number of carbonyl (C=O) groups excluding carboxylic acids is 1. The number of nitrogens with zero attached hydrogens (tertiary/aromatic N) is 1. The van der Waals surface area contributed by atoms with E-state index in [0.29, 0.717) is 0 Å². The van der Waals surface area contributed by atoms with Crippen LogP contribution in [0.3, 0.4) is 0 Å². The third-order valence-corrected chi connectivity index (χ3v) is 1.47. The first-order valence-corrected chi connectivity index (χ1v) is 3.32. The minimum Gasteiger partial charge on any atom is -0.507 e. The average Bonchev–Trinajstić information content (AvgIpc) is 2.08. The molecule has 0 aliphatic carbocycles. The van der Waals surface area contributed by atoms with Gasteiger partial charge in [-0.1, -0.05) is 11.6 Å². The third-order valence-electron chi connectivity index (χ3n) is 1.47. The highest BCUT2D eigenvalue weighted by atomic mass is 16.3. The zero-order chi connectivity index (χ0) is 9.14. The fraction of sp³-hybridized carbons (Fsp3) is 0.125. The Balaban J connectivity index is 3.22. The molecule has 0 aliphatic heterocycles. The number of hydrogen-bond donors (Lipinski definition) is 1. The van der Waals surface area contributed by atoms with Crippen LogP contribution in [0.15, 0.2) is 23.4 Å². The number of amides is 1. The zero-order valence-corrected chi connectivity index (χ0v) is 6.44. The molecule has 0 unspecified atom stereocenters. The molecule has 0 radical (unpaired) electrons. The Bertz CT molecular complexity index is 333. The molecule has 0 fully saturated rings. The van der Waals surface area contributed by atoms with Crippen LogP contribution in [0.1, 0.15) is 15.9 Å². The smallest absolute Gasteiger partial charge is 0.320 e. The molecular formula is C8H7NO3. The van der Waals surface area contributed by atoms with Crippen molar-refractivity contribution in [3.63, 3.8) is 0 Å². The van der Waals surface area contributed by atoms with Crippen LogP contribution >= 0.6 is 0 Å². The number of phenolic OH excluding ortho intramolecular Hbond substituents is 1. The van der Waals surface area contributed by atoms with Crippen LogP contribution in [0.25, 0.3) is 0 Å². The highest BCUT2D eigenvalue weighted by Crippen LogP contribution is 2.18. The molecule has 1 amide bonds. The van der Waals surface area contributed by atoms with Crippen molar-refractivity contribution < 1.29 is 9.90 Å². The van der Waals surface area contributed by atoms with E-state index in [2.05, 4.69) is 5.18 Å². The van der Waals surface area contributed by atoms with Gasteiger partial charge in [0.25, 0.3) is 0 Å². The van der Waals surface area contributed by atoms with Gasteiger partial charge in [0.05, 0.1) is 5.56 Å².